The minimum Gasteiger partial charge on any atom is -0.496 e. The normalized spacial score (nSPS) is 10.9. The summed E-state index contributed by atoms with van der Waals surface area (Å²) in [5.41, 5.74) is 1.71. The summed E-state index contributed by atoms with van der Waals surface area (Å²) in [6.07, 6.45) is 1.65. The number of fused-ring (bicyclic) bond motifs is 2. The number of ether oxygens (including phenoxy) is 3. The highest BCUT2D eigenvalue weighted by Gasteiger charge is 2.15. The second kappa shape index (κ2) is 9.67. The monoisotopic (exact) mass is 444 g/mol. The van der Waals surface area contributed by atoms with Crippen LogP contribution < -0.4 is 14.8 Å². The number of carbonyl (C=O) groups excluding carboxylic acids is 2. The van der Waals surface area contributed by atoms with E-state index in [1.54, 1.807) is 37.6 Å². The lowest BCUT2D eigenvalue weighted by molar-refractivity contribution is 0.0938. The molecule has 0 radical (unpaired) electrons. The van der Waals surface area contributed by atoms with E-state index >= 15 is 0 Å². The number of hydrogen-bond donors (Lipinski definition) is 1. The van der Waals surface area contributed by atoms with Gasteiger partial charge >= 0.3 is 0 Å². The molecule has 0 fully saturated rings. The zero-order valence-electron chi connectivity index (χ0n) is 18.7. The van der Waals surface area contributed by atoms with E-state index < -0.39 is 0 Å². The van der Waals surface area contributed by atoms with Gasteiger partial charge in [0.1, 0.15) is 17.2 Å². The third kappa shape index (κ3) is 4.63. The average Bonchev–Trinajstić information content (AvgIpc) is 2.82. The van der Waals surface area contributed by atoms with E-state index in [4.69, 9.17) is 14.2 Å². The Kier molecular flexibility index (Phi) is 6.51. The molecule has 33 heavy (non-hydrogen) atoms. The smallest absolute Gasteiger partial charge is 0.251 e. The van der Waals surface area contributed by atoms with Gasteiger partial charge in [-0.3, -0.25) is 14.6 Å². The molecule has 0 aliphatic heterocycles. The van der Waals surface area contributed by atoms with Gasteiger partial charge < -0.3 is 19.5 Å². The lowest BCUT2D eigenvalue weighted by atomic mass is 10.0. The summed E-state index contributed by atoms with van der Waals surface area (Å²) in [4.78, 5) is 29.0. The zero-order chi connectivity index (χ0) is 23.4. The van der Waals surface area contributed by atoms with Crippen molar-refractivity contribution >= 4 is 33.4 Å². The summed E-state index contributed by atoms with van der Waals surface area (Å²) in [6, 6.07) is 16.3. The van der Waals surface area contributed by atoms with Crippen molar-refractivity contribution in [3.63, 3.8) is 0 Å². The average molecular weight is 444 g/mol. The van der Waals surface area contributed by atoms with Gasteiger partial charge in [-0.15, -0.1) is 0 Å². The zero-order valence-corrected chi connectivity index (χ0v) is 18.7. The lowest BCUT2D eigenvalue weighted by Gasteiger charge is -2.13. The quantitative estimate of drug-likeness (QED) is 0.311. The van der Waals surface area contributed by atoms with E-state index in [0.717, 1.165) is 10.8 Å². The first-order chi connectivity index (χ1) is 16.0. The van der Waals surface area contributed by atoms with Crippen molar-refractivity contribution in [2.75, 3.05) is 27.4 Å². The number of aromatic nitrogens is 1. The number of pyridine rings is 1. The van der Waals surface area contributed by atoms with Crippen molar-refractivity contribution < 1.29 is 23.8 Å². The first-order valence-electron chi connectivity index (χ1n) is 10.5. The van der Waals surface area contributed by atoms with Crippen LogP contribution in [0.5, 0.6) is 17.2 Å². The molecule has 3 aromatic carbocycles. The molecule has 1 aromatic heterocycles. The molecule has 0 aliphatic carbocycles. The maximum Gasteiger partial charge on any atom is 0.251 e. The van der Waals surface area contributed by atoms with Gasteiger partial charge in [0.2, 0.25) is 0 Å². The van der Waals surface area contributed by atoms with Crippen molar-refractivity contribution in [2.24, 2.45) is 0 Å². The Morgan fingerprint density at radius 2 is 1.79 bits per heavy atom. The predicted molar refractivity (Wildman–Crippen MR) is 127 cm³/mol. The molecule has 0 spiro atoms. The van der Waals surface area contributed by atoms with Crippen LogP contribution in [0.4, 0.5) is 0 Å². The molecule has 0 aliphatic rings. The van der Waals surface area contributed by atoms with Crippen LogP contribution in [0, 0.1) is 0 Å². The van der Waals surface area contributed by atoms with Crippen LogP contribution in [0.3, 0.4) is 0 Å². The van der Waals surface area contributed by atoms with E-state index in [-0.39, 0.29) is 11.7 Å². The summed E-state index contributed by atoms with van der Waals surface area (Å²) in [5, 5.41) is 5.25. The summed E-state index contributed by atoms with van der Waals surface area (Å²) < 4.78 is 16.5. The van der Waals surface area contributed by atoms with E-state index in [0.29, 0.717) is 52.4 Å². The molecule has 4 aromatic rings. The maximum absolute atomic E-state index is 12.6. The number of nitrogens with zero attached hydrogens (tertiary/aromatic N) is 1. The molecule has 1 heterocycles. The number of benzene rings is 3. The molecule has 0 bridgehead atoms. The van der Waals surface area contributed by atoms with E-state index in [9.17, 15) is 9.59 Å². The topological polar surface area (TPSA) is 86.8 Å². The fraction of sp³-hybridized carbons (Fsp3) is 0.192. The van der Waals surface area contributed by atoms with Gasteiger partial charge in [0.25, 0.3) is 5.91 Å². The third-order valence-corrected chi connectivity index (χ3v) is 5.32. The number of nitrogens with one attached hydrogen (secondary N) is 1. The number of rotatable bonds is 8. The number of carbonyl (C=O) groups is 2. The summed E-state index contributed by atoms with van der Waals surface area (Å²) in [7, 11) is 3.12. The summed E-state index contributed by atoms with van der Waals surface area (Å²) >= 11 is 0. The number of methoxy groups -OCH3 is 2. The van der Waals surface area contributed by atoms with Crippen LogP contribution in [0.1, 0.15) is 27.6 Å². The summed E-state index contributed by atoms with van der Waals surface area (Å²) in [5.74, 6) is 1.38. The fourth-order valence-electron chi connectivity index (χ4n) is 3.69. The highest BCUT2D eigenvalue weighted by atomic mass is 16.5. The van der Waals surface area contributed by atoms with Crippen LogP contribution in [0.2, 0.25) is 0 Å². The van der Waals surface area contributed by atoms with E-state index in [1.807, 2.05) is 30.3 Å². The van der Waals surface area contributed by atoms with Crippen LogP contribution in [-0.2, 0) is 4.74 Å². The Bertz CT molecular complexity index is 1350. The highest BCUT2D eigenvalue weighted by molar-refractivity contribution is 6.07. The molecule has 0 atom stereocenters. The molecule has 0 unspecified atom stereocenters. The first kappa shape index (κ1) is 22.2. The van der Waals surface area contributed by atoms with Crippen molar-refractivity contribution in [2.45, 2.75) is 6.92 Å². The van der Waals surface area contributed by atoms with Gasteiger partial charge in [-0.25, -0.2) is 0 Å². The fourth-order valence-corrected chi connectivity index (χ4v) is 3.69. The van der Waals surface area contributed by atoms with Gasteiger partial charge in [0.15, 0.2) is 5.78 Å². The summed E-state index contributed by atoms with van der Waals surface area (Å²) in [6.45, 7) is 2.38. The molecule has 0 saturated carbocycles. The van der Waals surface area contributed by atoms with Crippen molar-refractivity contribution in [3.05, 3.63) is 71.9 Å². The highest BCUT2D eigenvalue weighted by Crippen LogP contribution is 2.34. The molecule has 0 saturated heterocycles. The molecular weight excluding hydrogens is 420 g/mol. The van der Waals surface area contributed by atoms with Crippen molar-refractivity contribution in [3.8, 4) is 17.2 Å². The molecule has 7 heteroatoms. The maximum atomic E-state index is 12.6. The lowest BCUT2D eigenvalue weighted by Crippen LogP contribution is -2.27. The van der Waals surface area contributed by atoms with Crippen molar-refractivity contribution in [1.82, 2.24) is 10.3 Å². The van der Waals surface area contributed by atoms with Crippen LogP contribution >= 0.6 is 0 Å². The second-order valence-corrected chi connectivity index (χ2v) is 7.47. The van der Waals surface area contributed by atoms with Crippen LogP contribution in [0.25, 0.3) is 21.7 Å². The predicted octanol–water partition coefficient (Wildman–Crippen LogP) is 4.77. The van der Waals surface area contributed by atoms with Gasteiger partial charge in [-0.2, -0.15) is 0 Å². The Balaban J connectivity index is 1.69. The van der Waals surface area contributed by atoms with Crippen LogP contribution in [-0.4, -0.2) is 44.0 Å². The third-order valence-electron chi connectivity index (χ3n) is 5.32. The van der Waals surface area contributed by atoms with Gasteiger partial charge in [0.05, 0.1) is 24.8 Å². The van der Waals surface area contributed by atoms with Gasteiger partial charge in [-0.1, -0.05) is 12.1 Å². The molecule has 1 N–H and O–H groups in total. The van der Waals surface area contributed by atoms with Crippen LogP contribution in [0.15, 0.2) is 60.8 Å². The Morgan fingerprint density at radius 1 is 0.939 bits per heavy atom. The number of hydrogen-bond acceptors (Lipinski definition) is 6. The van der Waals surface area contributed by atoms with E-state index in [2.05, 4.69) is 10.3 Å². The number of Topliss-reactive ketones (excluding diaryl/α,β-unsaturated/α-hetero) is 1. The minimum atomic E-state index is -0.155. The molecule has 168 valence electrons. The van der Waals surface area contributed by atoms with Gasteiger partial charge in [0, 0.05) is 36.9 Å². The molecule has 1 amide bonds. The number of ketones is 1. The second-order valence-electron chi connectivity index (χ2n) is 7.47. The number of amides is 1. The van der Waals surface area contributed by atoms with E-state index in [1.165, 1.54) is 14.0 Å². The minimum absolute atomic E-state index is 0.106. The first-order valence-corrected chi connectivity index (χ1v) is 10.5. The molecule has 7 nitrogen and oxygen atoms in total. The van der Waals surface area contributed by atoms with Gasteiger partial charge in [-0.05, 0) is 54.1 Å². The molecule has 4 rings (SSSR count). The van der Waals surface area contributed by atoms with Crippen molar-refractivity contribution in [1.29, 1.82) is 0 Å². The Labute approximate surface area is 191 Å². The Hall–Kier alpha value is -3.97. The molecular formula is C26H24N2O5. The SMILES string of the molecule is COCCNC(=O)c1cccc2cc(Oc3ccnc4cc(OC)c(C(C)=O)cc34)ccc12. The Morgan fingerprint density at radius 3 is 2.55 bits per heavy atom. The largest absolute Gasteiger partial charge is 0.496 e. The standard InChI is InChI=1S/C26H24N2O5/c1-16(29)21-14-22-23(15-25(21)32-3)27-10-9-24(22)33-18-7-8-19-17(13-18)5-4-6-20(19)26(30)28-11-12-31-2/h4-10,13-15H,11-12H2,1-3H3,(H,28,30).